The Morgan fingerprint density at radius 1 is 1.23 bits per heavy atom. The SMILES string of the molecule is CO[C@@H]1CN(C(=O)C23CC2C3)CC[C@@]1(OC)c1ccccc1. The summed E-state index contributed by atoms with van der Waals surface area (Å²) in [4.78, 5) is 14.7. The van der Waals surface area contributed by atoms with E-state index < -0.39 is 5.60 Å². The van der Waals surface area contributed by atoms with E-state index in [9.17, 15) is 4.79 Å². The van der Waals surface area contributed by atoms with E-state index in [2.05, 4.69) is 12.1 Å². The topological polar surface area (TPSA) is 38.8 Å². The van der Waals surface area contributed by atoms with E-state index in [0.717, 1.165) is 31.4 Å². The molecule has 4 rings (SSSR count). The monoisotopic (exact) mass is 301 g/mol. The van der Waals surface area contributed by atoms with Crippen LogP contribution in [0.25, 0.3) is 0 Å². The Morgan fingerprint density at radius 2 is 1.91 bits per heavy atom. The molecule has 1 saturated heterocycles. The number of benzene rings is 1. The first-order chi connectivity index (χ1) is 10.7. The van der Waals surface area contributed by atoms with Gasteiger partial charge >= 0.3 is 0 Å². The van der Waals surface area contributed by atoms with Crippen LogP contribution in [0.4, 0.5) is 0 Å². The maximum Gasteiger partial charge on any atom is 0.229 e. The van der Waals surface area contributed by atoms with Gasteiger partial charge in [0, 0.05) is 27.2 Å². The summed E-state index contributed by atoms with van der Waals surface area (Å²) in [5.41, 5.74) is 0.708. The number of nitrogens with zero attached hydrogens (tertiary/aromatic N) is 1. The van der Waals surface area contributed by atoms with Crippen molar-refractivity contribution in [3.8, 4) is 0 Å². The third kappa shape index (κ3) is 1.87. The first-order valence-electron chi connectivity index (χ1n) is 8.09. The standard InChI is InChI=1S/C18H23NO3/c1-21-15-12-19(16(20)17-10-14(17)11-17)9-8-18(15,22-2)13-6-4-3-5-7-13/h3-7,14-15H,8-12H2,1-2H3/t14?,15-,17?,18-/m1/s1. The molecular weight excluding hydrogens is 278 g/mol. The molecule has 0 spiro atoms. The van der Waals surface area contributed by atoms with E-state index in [1.807, 2.05) is 23.1 Å². The number of carbonyl (C=O) groups is 1. The zero-order valence-corrected chi connectivity index (χ0v) is 13.2. The maximum atomic E-state index is 12.7. The molecule has 118 valence electrons. The molecule has 1 amide bonds. The van der Waals surface area contributed by atoms with Crippen molar-refractivity contribution < 1.29 is 14.3 Å². The lowest BCUT2D eigenvalue weighted by molar-refractivity contribution is -0.170. The van der Waals surface area contributed by atoms with Crippen molar-refractivity contribution in [3.05, 3.63) is 35.9 Å². The third-order valence-corrected chi connectivity index (χ3v) is 5.97. The molecule has 3 fully saturated rings. The second kappa shape index (κ2) is 4.80. The third-order valence-electron chi connectivity index (χ3n) is 5.97. The fraction of sp³-hybridized carbons (Fsp3) is 0.611. The molecule has 0 bridgehead atoms. The summed E-state index contributed by atoms with van der Waals surface area (Å²) in [7, 11) is 3.46. The number of ether oxygens (including phenoxy) is 2. The summed E-state index contributed by atoms with van der Waals surface area (Å²) in [6.07, 6.45) is 2.85. The minimum absolute atomic E-state index is 0.0398. The fourth-order valence-electron chi connectivity index (χ4n) is 4.12. The van der Waals surface area contributed by atoms with Gasteiger partial charge < -0.3 is 14.4 Å². The number of hydrogen-bond donors (Lipinski definition) is 0. The molecule has 2 saturated carbocycles. The van der Waals surface area contributed by atoms with Gasteiger partial charge in [-0.3, -0.25) is 4.79 Å². The van der Waals surface area contributed by atoms with Crippen LogP contribution < -0.4 is 0 Å². The van der Waals surface area contributed by atoms with Gasteiger partial charge in [-0.2, -0.15) is 0 Å². The largest absolute Gasteiger partial charge is 0.376 e. The second-order valence-electron chi connectivity index (χ2n) is 6.95. The molecule has 3 aliphatic rings. The van der Waals surface area contributed by atoms with Crippen LogP contribution in [0.3, 0.4) is 0 Å². The molecule has 0 radical (unpaired) electrons. The van der Waals surface area contributed by atoms with Crippen molar-refractivity contribution in [2.45, 2.75) is 31.0 Å². The van der Waals surface area contributed by atoms with Gasteiger partial charge in [-0.15, -0.1) is 0 Å². The van der Waals surface area contributed by atoms with E-state index in [1.54, 1.807) is 14.2 Å². The number of hydrogen-bond acceptors (Lipinski definition) is 3. The Labute approximate surface area is 131 Å². The Hall–Kier alpha value is -1.39. The van der Waals surface area contributed by atoms with Crippen LogP contribution in [-0.4, -0.2) is 44.2 Å². The van der Waals surface area contributed by atoms with Crippen molar-refractivity contribution in [1.82, 2.24) is 4.90 Å². The molecule has 1 aromatic rings. The lowest BCUT2D eigenvalue weighted by Crippen LogP contribution is -2.57. The molecule has 0 aromatic heterocycles. The summed E-state index contributed by atoms with van der Waals surface area (Å²) in [5, 5.41) is 0. The Bertz CT molecular complexity index is 581. The Morgan fingerprint density at radius 3 is 2.45 bits per heavy atom. The van der Waals surface area contributed by atoms with Crippen LogP contribution in [0.5, 0.6) is 0 Å². The number of methoxy groups -OCH3 is 2. The summed E-state index contributed by atoms with van der Waals surface area (Å²) in [6, 6.07) is 10.2. The molecule has 1 aromatic carbocycles. The number of piperidine rings is 1. The number of amides is 1. The predicted molar refractivity (Wildman–Crippen MR) is 82.3 cm³/mol. The molecule has 2 aliphatic carbocycles. The number of rotatable bonds is 4. The second-order valence-corrected chi connectivity index (χ2v) is 6.95. The lowest BCUT2D eigenvalue weighted by atomic mass is 9.81. The van der Waals surface area contributed by atoms with Gasteiger partial charge in [-0.1, -0.05) is 30.3 Å². The van der Waals surface area contributed by atoms with Crippen LogP contribution in [0.15, 0.2) is 30.3 Å². The minimum atomic E-state index is -0.461. The number of carbonyl (C=O) groups excluding carboxylic acids is 1. The van der Waals surface area contributed by atoms with E-state index in [-0.39, 0.29) is 11.5 Å². The normalized spacial score (nSPS) is 39.3. The molecule has 22 heavy (non-hydrogen) atoms. The van der Waals surface area contributed by atoms with E-state index in [4.69, 9.17) is 9.47 Å². The molecular formula is C18H23NO3. The van der Waals surface area contributed by atoms with Gasteiger partial charge in [0.25, 0.3) is 0 Å². The van der Waals surface area contributed by atoms with E-state index >= 15 is 0 Å². The Balaban J connectivity index is 1.58. The average molecular weight is 301 g/mol. The minimum Gasteiger partial charge on any atom is -0.376 e. The molecule has 4 heteroatoms. The van der Waals surface area contributed by atoms with Crippen LogP contribution in [0.1, 0.15) is 24.8 Å². The lowest BCUT2D eigenvalue weighted by Gasteiger charge is -2.46. The van der Waals surface area contributed by atoms with Crippen molar-refractivity contribution in [2.24, 2.45) is 11.3 Å². The quantitative estimate of drug-likeness (QED) is 0.855. The van der Waals surface area contributed by atoms with E-state index in [0.29, 0.717) is 18.4 Å². The molecule has 2 atom stereocenters. The highest BCUT2D eigenvalue weighted by molar-refractivity contribution is 5.90. The predicted octanol–water partition coefficient (Wildman–Crippen LogP) is 2.19. The number of likely N-dealkylation sites (tertiary alicyclic amines) is 1. The molecule has 1 aliphatic heterocycles. The van der Waals surface area contributed by atoms with Gasteiger partial charge in [0.15, 0.2) is 0 Å². The van der Waals surface area contributed by atoms with E-state index in [1.165, 1.54) is 0 Å². The highest BCUT2D eigenvalue weighted by Gasteiger charge is 2.75. The van der Waals surface area contributed by atoms with Crippen molar-refractivity contribution >= 4 is 5.91 Å². The van der Waals surface area contributed by atoms with Crippen molar-refractivity contribution in [3.63, 3.8) is 0 Å². The first kappa shape index (κ1) is 14.2. The van der Waals surface area contributed by atoms with Gasteiger partial charge in [0.2, 0.25) is 5.91 Å². The molecule has 1 heterocycles. The van der Waals surface area contributed by atoms with Crippen LogP contribution in [-0.2, 0) is 19.9 Å². The molecule has 0 N–H and O–H groups in total. The summed E-state index contributed by atoms with van der Waals surface area (Å²) in [5.74, 6) is 1.03. The van der Waals surface area contributed by atoms with Gasteiger partial charge in [0.05, 0.1) is 12.0 Å². The summed E-state index contributed by atoms with van der Waals surface area (Å²) < 4.78 is 11.7. The molecule has 0 unspecified atom stereocenters. The van der Waals surface area contributed by atoms with Crippen LogP contribution >= 0.6 is 0 Å². The van der Waals surface area contributed by atoms with Gasteiger partial charge in [-0.05, 0) is 24.3 Å². The highest BCUT2D eigenvalue weighted by Crippen LogP contribution is 2.76. The summed E-state index contributed by atoms with van der Waals surface area (Å²) in [6.45, 7) is 1.36. The first-order valence-corrected chi connectivity index (χ1v) is 8.09. The fourth-order valence-corrected chi connectivity index (χ4v) is 4.12. The van der Waals surface area contributed by atoms with Crippen molar-refractivity contribution in [2.75, 3.05) is 27.3 Å². The number of fused-ring (bicyclic) bond motifs is 1. The van der Waals surface area contributed by atoms with Crippen molar-refractivity contribution in [1.29, 1.82) is 0 Å². The van der Waals surface area contributed by atoms with Crippen LogP contribution in [0, 0.1) is 11.3 Å². The summed E-state index contributed by atoms with van der Waals surface area (Å²) >= 11 is 0. The molecule has 4 nitrogen and oxygen atoms in total. The smallest absolute Gasteiger partial charge is 0.229 e. The Kier molecular flexibility index (Phi) is 3.10. The highest BCUT2D eigenvalue weighted by atomic mass is 16.5. The average Bonchev–Trinajstić information content (AvgIpc) is 3.44. The zero-order chi connectivity index (χ0) is 15.4. The van der Waals surface area contributed by atoms with Crippen LogP contribution in [0.2, 0.25) is 0 Å². The maximum absolute atomic E-state index is 12.7. The van der Waals surface area contributed by atoms with Gasteiger partial charge in [-0.25, -0.2) is 0 Å². The van der Waals surface area contributed by atoms with Gasteiger partial charge in [0.1, 0.15) is 11.7 Å². The zero-order valence-electron chi connectivity index (χ0n) is 13.2.